The van der Waals surface area contributed by atoms with Gasteiger partial charge in [0, 0.05) is 11.9 Å². The lowest BCUT2D eigenvalue weighted by Crippen LogP contribution is -2.41. The summed E-state index contributed by atoms with van der Waals surface area (Å²) in [6.45, 7) is 7.05. The van der Waals surface area contributed by atoms with Crippen molar-refractivity contribution in [3.63, 3.8) is 0 Å². The summed E-state index contributed by atoms with van der Waals surface area (Å²) >= 11 is 0. The van der Waals surface area contributed by atoms with Crippen molar-refractivity contribution < 1.29 is 9.21 Å². The van der Waals surface area contributed by atoms with Crippen LogP contribution in [0.1, 0.15) is 30.8 Å². The number of ketones is 1. The first-order valence-electron chi connectivity index (χ1n) is 7.37. The maximum atomic E-state index is 12.3. The second-order valence-corrected chi connectivity index (χ2v) is 6.05. The molecule has 0 bridgehead atoms. The molecule has 2 unspecified atom stereocenters. The van der Waals surface area contributed by atoms with Crippen LogP contribution >= 0.6 is 0 Å². The van der Waals surface area contributed by atoms with Gasteiger partial charge in [0.15, 0.2) is 5.76 Å². The molecule has 0 N–H and O–H groups in total. The lowest BCUT2D eigenvalue weighted by molar-refractivity contribution is 0.0825. The molecule has 0 saturated carbocycles. The molecule has 1 aromatic carbocycles. The highest BCUT2D eigenvalue weighted by atomic mass is 16.3. The predicted molar refractivity (Wildman–Crippen MR) is 79.9 cm³/mol. The van der Waals surface area contributed by atoms with Crippen LogP contribution in [0, 0.1) is 11.8 Å². The van der Waals surface area contributed by atoms with E-state index < -0.39 is 0 Å². The third-order valence-corrected chi connectivity index (χ3v) is 4.49. The van der Waals surface area contributed by atoms with Crippen LogP contribution in [-0.4, -0.2) is 30.3 Å². The van der Waals surface area contributed by atoms with Gasteiger partial charge in [0.05, 0.1) is 6.54 Å². The quantitative estimate of drug-likeness (QED) is 0.800. The fourth-order valence-electron chi connectivity index (χ4n) is 2.89. The molecule has 3 nitrogen and oxygen atoms in total. The number of hydrogen-bond donors (Lipinski definition) is 0. The van der Waals surface area contributed by atoms with Crippen LogP contribution in [0.4, 0.5) is 0 Å². The maximum Gasteiger partial charge on any atom is 0.211 e. The Morgan fingerprint density at radius 1 is 1.30 bits per heavy atom. The number of carbonyl (C=O) groups is 1. The number of hydrogen-bond acceptors (Lipinski definition) is 3. The SMILES string of the molecule is CC1CCN(CC(=O)c2cc3ccccc3o2)CC1C. The number of rotatable bonds is 3. The van der Waals surface area contributed by atoms with Crippen molar-refractivity contribution >= 4 is 16.8 Å². The highest BCUT2D eigenvalue weighted by Crippen LogP contribution is 2.23. The minimum absolute atomic E-state index is 0.0861. The van der Waals surface area contributed by atoms with Gasteiger partial charge in [0.25, 0.3) is 0 Å². The summed E-state index contributed by atoms with van der Waals surface area (Å²) in [4.78, 5) is 14.6. The van der Waals surface area contributed by atoms with Gasteiger partial charge in [0.1, 0.15) is 5.58 Å². The number of furan rings is 1. The Balaban J connectivity index is 1.70. The Morgan fingerprint density at radius 3 is 2.85 bits per heavy atom. The van der Waals surface area contributed by atoms with Crippen LogP contribution in [0.5, 0.6) is 0 Å². The predicted octanol–water partition coefficient (Wildman–Crippen LogP) is 3.59. The normalized spacial score (nSPS) is 24.1. The molecule has 0 spiro atoms. The van der Waals surface area contributed by atoms with E-state index in [-0.39, 0.29) is 5.78 Å². The molecule has 1 fully saturated rings. The van der Waals surface area contributed by atoms with Crippen LogP contribution in [0.15, 0.2) is 34.7 Å². The van der Waals surface area contributed by atoms with E-state index in [4.69, 9.17) is 4.42 Å². The summed E-state index contributed by atoms with van der Waals surface area (Å²) < 4.78 is 5.64. The van der Waals surface area contributed by atoms with Gasteiger partial charge in [-0.05, 0) is 36.9 Å². The number of piperidine rings is 1. The smallest absolute Gasteiger partial charge is 0.211 e. The zero-order chi connectivity index (χ0) is 14.1. The number of Topliss-reactive ketones (excluding diaryl/α,β-unsaturated/α-hetero) is 1. The van der Waals surface area contributed by atoms with Crippen molar-refractivity contribution in [3.8, 4) is 0 Å². The molecule has 0 radical (unpaired) electrons. The van der Waals surface area contributed by atoms with Crippen LogP contribution in [0.3, 0.4) is 0 Å². The van der Waals surface area contributed by atoms with E-state index in [0.29, 0.717) is 18.2 Å². The number of fused-ring (bicyclic) bond motifs is 1. The zero-order valence-electron chi connectivity index (χ0n) is 12.1. The third-order valence-electron chi connectivity index (χ3n) is 4.49. The molecule has 20 heavy (non-hydrogen) atoms. The molecular weight excluding hydrogens is 250 g/mol. The molecule has 2 aromatic rings. The molecule has 2 heterocycles. The molecule has 0 amide bonds. The van der Waals surface area contributed by atoms with Crippen molar-refractivity contribution in [1.29, 1.82) is 0 Å². The van der Waals surface area contributed by atoms with E-state index in [2.05, 4.69) is 18.7 Å². The summed E-state index contributed by atoms with van der Waals surface area (Å²) in [7, 11) is 0. The van der Waals surface area contributed by atoms with E-state index >= 15 is 0 Å². The van der Waals surface area contributed by atoms with Crippen LogP contribution in [0.25, 0.3) is 11.0 Å². The van der Waals surface area contributed by atoms with E-state index in [0.717, 1.165) is 30.0 Å². The van der Waals surface area contributed by atoms with Gasteiger partial charge < -0.3 is 4.42 Å². The summed E-state index contributed by atoms with van der Waals surface area (Å²) in [5, 5.41) is 0.997. The average molecular weight is 271 g/mol. The largest absolute Gasteiger partial charge is 0.453 e. The Morgan fingerprint density at radius 2 is 2.10 bits per heavy atom. The molecule has 1 aromatic heterocycles. The van der Waals surface area contributed by atoms with Crippen molar-refractivity contribution in [3.05, 3.63) is 36.1 Å². The van der Waals surface area contributed by atoms with Crippen molar-refractivity contribution in [2.45, 2.75) is 20.3 Å². The first-order chi connectivity index (χ1) is 9.63. The molecule has 106 valence electrons. The van der Waals surface area contributed by atoms with E-state index in [1.807, 2.05) is 30.3 Å². The van der Waals surface area contributed by atoms with Crippen molar-refractivity contribution in [2.75, 3.05) is 19.6 Å². The summed E-state index contributed by atoms with van der Waals surface area (Å²) in [5.74, 6) is 1.99. The average Bonchev–Trinajstić information content (AvgIpc) is 2.87. The fourth-order valence-corrected chi connectivity index (χ4v) is 2.89. The molecule has 1 aliphatic heterocycles. The van der Waals surface area contributed by atoms with Gasteiger partial charge in [-0.2, -0.15) is 0 Å². The second-order valence-electron chi connectivity index (χ2n) is 6.05. The summed E-state index contributed by atoms with van der Waals surface area (Å²) in [6.07, 6.45) is 1.18. The van der Waals surface area contributed by atoms with Crippen LogP contribution < -0.4 is 0 Å². The number of nitrogens with zero attached hydrogens (tertiary/aromatic N) is 1. The molecular formula is C17H21NO2. The Kier molecular flexibility index (Phi) is 3.62. The third kappa shape index (κ3) is 2.63. The Bertz CT molecular complexity index is 583. The van der Waals surface area contributed by atoms with Gasteiger partial charge in [-0.3, -0.25) is 9.69 Å². The second kappa shape index (κ2) is 5.41. The topological polar surface area (TPSA) is 33.5 Å². The summed E-state index contributed by atoms with van der Waals surface area (Å²) in [5.41, 5.74) is 0.788. The highest BCUT2D eigenvalue weighted by Gasteiger charge is 2.25. The number of likely N-dealkylation sites (tertiary alicyclic amines) is 1. The molecule has 0 aliphatic carbocycles. The van der Waals surface area contributed by atoms with E-state index in [1.165, 1.54) is 6.42 Å². The molecule has 1 aliphatic rings. The lowest BCUT2D eigenvalue weighted by Gasteiger charge is -2.34. The Labute approximate surface area is 119 Å². The lowest BCUT2D eigenvalue weighted by atomic mass is 9.88. The highest BCUT2D eigenvalue weighted by molar-refractivity contribution is 5.98. The molecule has 2 atom stereocenters. The van der Waals surface area contributed by atoms with Gasteiger partial charge in [-0.25, -0.2) is 0 Å². The maximum absolute atomic E-state index is 12.3. The monoisotopic (exact) mass is 271 g/mol. The summed E-state index contributed by atoms with van der Waals surface area (Å²) in [6, 6.07) is 9.61. The van der Waals surface area contributed by atoms with Crippen molar-refractivity contribution in [2.24, 2.45) is 11.8 Å². The van der Waals surface area contributed by atoms with Crippen LogP contribution in [-0.2, 0) is 0 Å². The van der Waals surface area contributed by atoms with Crippen LogP contribution in [0.2, 0.25) is 0 Å². The fraction of sp³-hybridized carbons (Fsp3) is 0.471. The standard InChI is InChI=1S/C17H21NO2/c1-12-7-8-18(10-13(12)2)11-15(19)17-9-14-5-3-4-6-16(14)20-17/h3-6,9,12-13H,7-8,10-11H2,1-2H3. The first-order valence-corrected chi connectivity index (χ1v) is 7.37. The zero-order valence-corrected chi connectivity index (χ0v) is 12.1. The number of carbonyl (C=O) groups excluding carboxylic acids is 1. The molecule has 3 heteroatoms. The van der Waals surface area contributed by atoms with E-state index in [1.54, 1.807) is 0 Å². The first kappa shape index (κ1) is 13.4. The Hall–Kier alpha value is -1.61. The van der Waals surface area contributed by atoms with Gasteiger partial charge in [-0.1, -0.05) is 32.0 Å². The minimum Gasteiger partial charge on any atom is -0.453 e. The van der Waals surface area contributed by atoms with Gasteiger partial charge in [0.2, 0.25) is 5.78 Å². The molecule has 1 saturated heterocycles. The minimum atomic E-state index is 0.0861. The van der Waals surface area contributed by atoms with Gasteiger partial charge in [-0.15, -0.1) is 0 Å². The van der Waals surface area contributed by atoms with Gasteiger partial charge >= 0.3 is 0 Å². The van der Waals surface area contributed by atoms with E-state index in [9.17, 15) is 4.79 Å². The van der Waals surface area contributed by atoms with Crippen molar-refractivity contribution in [1.82, 2.24) is 4.90 Å². The molecule has 3 rings (SSSR count). The number of benzene rings is 1. The number of para-hydroxylation sites is 1.